The molecule has 3 rings (SSSR count). The van der Waals surface area contributed by atoms with E-state index in [1.54, 1.807) is 18.3 Å². The van der Waals surface area contributed by atoms with E-state index in [-0.39, 0.29) is 5.91 Å². The number of ether oxygens (including phenoxy) is 1. The molecule has 0 N–H and O–H groups in total. The third-order valence-corrected chi connectivity index (χ3v) is 4.33. The number of hydrogen-bond donors (Lipinski definition) is 0. The molecule has 0 atom stereocenters. The first-order valence-electron chi connectivity index (χ1n) is 8.50. The molecule has 0 bridgehead atoms. The second-order valence-corrected chi connectivity index (χ2v) is 5.97. The van der Waals surface area contributed by atoms with Crippen molar-refractivity contribution in [2.24, 2.45) is 0 Å². The number of pyridine rings is 1. The molecule has 5 heteroatoms. The highest BCUT2D eigenvalue weighted by Gasteiger charge is 2.24. The van der Waals surface area contributed by atoms with E-state index in [1.165, 1.54) is 12.7 Å². The van der Waals surface area contributed by atoms with Crippen LogP contribution in [0.2, 0.25) is 0 Å². The maximum atomic E-state index is 12.7. The van der Waals surface area contributed by atoms with Gasteiger partial charge in [-0.2, -0.15) is 0 Å². The van der Waals surface area contributed by atoms with Gasteiger partial charge >= 0.3 is 0 Å². The van der Waals surface area contributed by atoms with Crippen LogP contribution in [-0.2, 0) is 0 Å². The molecule has 1 aliphatic heterocycles. The van der Waals surface area contributed by atoms with Crippen molar-refractivity contribution >= 4 is 12.0 Å². The summed E-state index contributed by atoms with van der Waals surface area (Å²) < 4.78 is 5.20. The summed E-state index contributed by atoms with van der Waals surface area (Å²) in [4.78, 5) is 21.0. The topological polar surface area (TPSA) is 45.7 Å². The van der Waals surface area contributed by atoms with Crippen molar-refractivity contribution in [1.82, 2.24) is 14.8 Å². The molecule has 1 fully saturated rings. The van der Waals surface area contributed by atoms with Crippen molar-refractivity contribution in [3.63, 3.8) is 0 Å². The van der Waals surface area contributed by atoms with Crippen LogP contribution in [0, 0.1) is 0 Å². The Bertz CT molecular complexity index is 723. The molecule has 1 aliphatic rings. The monoisotopic (exact) mass is 337 g/mol. The average molecular weight is 337 g/mol. The van der Waals surface area contributed by atoms with Gasteiger partial charge in [0, 0.05) is 38.9 Å². The van der Waals surface area contributed by atoms with Gasteiger partial charge in [0.2, 0.25) is 5.88 Å². The smallest absolute Gasteiger partial charge is 0.259 e. The second kappa shape index (κ2) is 8.44. The summed E-state index contributed by atoms with van der Waals surface area (Å²) >= 11 is 0. The number of benzene rings is 1. The Morgan fingerprint density at radius 2 is 1.88 bits per heavy atom. The maximum absolute atomic E-state index is 12.7. The summed E-state index contributed by atoms with van der Waals surface area (Å²) in [5, 5.41) is 0. The van der Waals surface area contributed by atoms with Crippen molar-refractivity contribution in [2.45, 2.75) is 0 Å². The number of rotatable bonds is 5. The Hall–Kier alpha value is -2.66. The van der Waals surface area contributed by atoms with Crippen LogP contribution in [0.25, 0.3) is 6.08 Å². The number of carbonyl (C=O) groups is 1. The van der Waals surface area contributed by atoms with Crippen molar-refractivity contribution in [2.75, 3.05) is 39.8 Å². The predicted octanol–water partition coefficient (Wildman–Crippen LogP) is 2.56. The van der Waals surface area contributed by atoms with Crippen LogP contribution in [0.3, 0.4) is 0 Å². The van der Waals surface area contributed by atoms with Crippen LogP contribution < -0.4 is 4.74 Å². The summed E-state index contributed by atoms with van der Waals surface area (Å²) in [6, 6.07) is 13.8. The minimum atomic E-state index is -0.00979. The molecular weight excluding hydrogens is 314 g/mol. The third kappa shape index (κ3) is 4.45. The van der Waals surface area contributed by atoms with Gasteiger partial charge in [-0.15, -0.1) is 0 Å². The predicted molar refractivity (Wildman–Crippen MR) is 98.6 cm³/mol. The normalized spacial score (nSPS) is 15.5. The fraction of sp³-hybridized carbons (Fsp3) is 0.300. The van der Waals surface area contributed by atoms with Crippen LogP contribution in [0.5, 0.6) is 5.88 Å². The van der Waals surface area contributed by atoms with Crippen molar-refractivity contribution in [1.29, 1.82) is 0 Å². The van der Waals surface area contributed by atoms with E-state index in [9.17, 15) is 4.79 Å². The molecule has 1 saturated heterocycles. The van der Waals surface area contributed by atoms with Gasteiger partial charge in [-0.3, -0.25) is 9.69 Å². The van der Waals surface area contributed by atoms with Crippen LogP contribution in [0.1, 0.15) is 15.9 Å². The number of piperazine rings is 1. The number of hydrogen-bond acceptors (Lipinski definition) is 4. The lowest BCUT2D eigenvalue weighted by Gasteiger charge is -2.34. The molecule has 2 aromatic rings. The molecule has 2 heterocycles. The first-order valence-corrected chi connectivity index (χ1v) is 8.50. The lowest BCUT2D eigenvalue weighted by atomic mass is 10.2. The summed E-state index contributed by atoms with van der Waals surface area (Å²) in [5.74, 6) is 0.380. The summed E-state index contributed by atoms with van der Waals surface area (Å²) in [6.07, 6.45) is 5.95. The van der Waals surface area contributed by atoms with Gasteiger partial charge in [0.1, 0.15) is 5.56 Å². The van der Waals surface area contributed by atoms with Crippen LogP contribution in [0.15, 0.2) is 54.7 Å². The molecule has 1 aromatic heterocycles. The highest BCUT2D eigenvalue weighted by atomic mass is 16.5. The van der Waals surface area contributed by atoms with E-state index in [4.69, 9.17) is 4.74 Å². The fourth-order valence-corrected chi connectivity index (χ4v) is 2.92. The number of nitrogens with zero attached hydrogens (tertiary/aromatic N) is 3. The molecule has 0 radical (unpaired) electrons. The largest absolute Gasteiger partial charge is 0.480 e. The zero-order valence-corrected chi connectivity index (χ0v) is 14.5. The molecule has 130 valence electrons. The Labute approximate surface area is 148 Å². The fourth-order valence-electron chi connectivity index (χ4n) is 2.92. The Balaban J connectivity index is 1.51. The maximum Gasteiger partial charge on any atom is 0.259 e. The minimum absolute atomic E-state index is 0.00979. The molecule has 5 nitrogen and oxygen atoms in total. The Kier molecular flexibility index (Phi) is 5.80. The van der Waals surface area contributed by atoms with Crippen molar-refractivity contribution < 1.29 is 9.53 Å². The molecule has 1 aromatic carbocycles. The van der Waals surface area contributed by atoms with Gasteiger partial charge in [-0.1, -0.05) is 42.5 Å². The number of methoxy groups -OCH3 is 1. The molecule has 0 saturated carbocycles. The lowest BCUT2D eigenvalue weighted by molar-refractivity contribution is 0.0646. The lowest BCUT2D eigenvalue weighted by Crippen LogP contribution is -2.48. The standard InChI is InChI=1S/C20H23N3O2/c1-25-19-18(10-5-11-21-19)20(24)23-15-13-22(14-16-23)12-6-9-17-7-3-2-4-8-17/h2-11H,12-16H2,1H3/b9-6+. The minimum Gasteiger partial charge on any atom is -0.480 e. The van der Waals surface area contributed by atoms with E-state index >= 15 is 0 Å². The van der Waals surface area contributed by atoms with Gasteiger partial charge in [0.15, 0.2) is 0 Å². The van der Waals surface area contributed by atoms with Gasteiger partial charge < -0.3 is 9.64 Å². The summed E-state index contributed by atoms with van der Waals surface area (Å²) in [5.41, 5.74) is 1.74. The van der Waals surface area contributed by atoms with E-state index < -0.39 is 0 Å². The summed E-state index contributed by atoms with van der Waals surface area (Å²) in [7, 11) is 1.54. The quantitative estimate of drug-likeness (QED) is 0.841. The number of amides is 1. The first kappa shape index (κ1) is 17.2. The van der Waals surface area contributed by atoms with Gasteiger partial charge in [0.25, 0.3) is 5.91 Å². The molecule has 0 aliphatic carbocycles. The molecule has 0 spiro atoms. The van der Waals surface area contributed by atoms with E-state index in [1.807, 2.05) is 23.1 Å². The highest BCUT2D eigenvalue weighted by molar-refractivity contribution is 5.96. The van der Waals surface area contributed by atoms with Gasteiger partial charge in [0.05, 0.1) is 7.11 Å². The first-order chi connectivity index (χ1) is 12.3. The zero-order chi connectivity index (χ0) is 17.5. The SMILES string of the molecule is COc1ncccc1C(=O)N1CCN(C/C=C/c2ccccc2)CC1. The van der Waals surface area contributed by atoms with Crippen LogP contribution in [-0.4, -0.2) is 60.5 Å². The molecular formula is C20H23N3O2. The number of aromatic nitrogens is 1. The zero-order valence-electron chi connectivity index (χ0n) is 14.5. The van der Waals surface area contributed by atoms with Gasteiger partial charge in [-0.25, -0.2) is 4.98 Å². The third-order valence-electron chi connectivity index (χ3n) is 4.33. The second-order valence-electron chi connectivity index (χ2n) is 5.97. The van der Waals surface area contributed by atoms with Crippen LogP contribution in [0.4, 0.5) is 0 Å². The van der Waals surface area contributed by atoms with E-state index in [0.717, 1.165) is 32.7 Å². The summed E-state index contributed by atoms with van der Waals surface area (Å²) in [6.45, 7) is 4.07. The number of carbonyl (C=O) groups excluding carboxylic acids is 1. The van der Waals surface area contributed by atoms with Gasteiger partial charge in [-0.05, 0) is 17.7 Å². The average Bonchev–Trinajstić information content (AvgIpc) is 2.69. The molecule has 0 unspecified atom stereocenters. The molecule has 1 amide bonds. The van der Waals surface area contributed by atoms with Crippen molar-refractivity contribution in [3.8, 4) is 5.88 Å². The Morgan fingerprint density at radius 1 is 1.12 bits per heavy atom. The Morgan fingerprint density at radius 3 is 2.60 bits per heavy atom. The van der Waals surface area contributed by atoms with Crippen molar-refractivity contribution in [3.05, 3.63) is 65.9 Å². The van der Waals surface area contributed by atoms with Crippen LogP contribution >= 0.6 is 0 Å². The van der Waals surface area contributed by atoms with E-state index in [0.29, 0.717) is 11.4 Å². The highest BCUT2D eigenvalue weighted by Crippen LogP contribution is 2.17. The van der Waals surface area contributed by atoms with E-state index in [2.05, 4.69) is 34.2 Å². The molecule has 25 heavy (non-hydrogen) atoms.